The number of ether oxygens (including phenoxy) is 2. The highest BCUT2D eigenvalue weighted by molar-refractivity contribution is 5.60. The van der Waals surface area contributed by atoms with Gasteiger partial charge in [-0.25, -0.2) is 9.37 Å². The molecule has 0 atom stereocenters. The fraction of sp³-hybridized carbons (Fsp3) is 0.200. The maximum absolute atomic E-state index is 12.9. The molecule has 1 heterocycles. The van der Waals surface area contributed by atoms with E-state index in [2.05, 4.69) is 20.6 Å². The lowest BCUT2D eigenvalue weighted by Gasteiger charge is -2.11. The van der Waals surface area contributed by atoms with Crippen LogP contribution in [0.5, 0.6) is 11.5 Å². The summed E-state index contributed by atoms with van der Waals surface area (Å²) >= 11 is 0. The van der Waals surface area contributed by atoms with Crippen LogP contribution in [0.3, 0.4) is 0 Å². The standard InChI is InChI=1S/C20H21FN4O2/c1-26-17-8-7-16(13-18(17)27-2)24-20-23-12-10-19(25-20)22-11-9-14-3-5-15(21)6-4-14/h3-8,10,12-13H,9,11H2,1-2H3,(H2,22,23,24,25). The van der Waals surface area contributed by atoms with Crippen molar-refractivity contribution in [1.29, 1.82) is 0 Å². The van der Waals surface area contributed by atoms with Crippen molar-refractivity contribution < 1.29 is 13.9 Å². The number of rotatable bonds is 8. The van der Waals surface area contributed by atoms with E-state index in [9.17, 15) is 4.39 Å². The molecule has 0 bridgehead atoms. The quantitative estimate of drug-likeness (QED) is 0.626. The molecule has 0 spiro atoms. The summed E-state index contributed by atoms with van der Waals surface area (Å²) in [5.41, 5.74) is 1.85. The van der Waals surface area contributed by atoms with Crippen molar-refractivity contribution in [1.82, 2.24) is 9.97 Å². The van der Waals surface area contributed by atoms with E-state index in [0.29, 0.717) is 29.8 Å². The van der Waals surface area contributed by atoms with Gasteiger partial charge in [-0.05, 0) is 42.3 Å². The molecule has 27 heavy (non-hydrogen) atoms. The van der Waals surface area contributed by atoms with Gasteiger partial charge in [-0.15, -0.1) is 0 Å². The first-order chi connectivity index (χ1) is 13.2. The molecule has 0 aliphatic carbocycles. The molecule has 0 fully saturated rings. The molecule has 0 unspecified atom stereocenters. The zero-order valence-corrected chi connectivity index (χ0v) is 15.2. The first-order valence-electron chi connectivity index (χ1n) is 8.48. The molecule has 0 amide bonds. The number of anilines is 3. The number of nitrogens with one attached hydrogen (secondary N) is 2. The minimum Gasteiger partial charge on any atom is -0.493 e. The van der Waals surface area contributed by atoms with E-state index in [1.54, 1.807) is 38.6 Å². The van der Waals surface area contributed by atoms with Gasteiger partial charge in [-0.1, -0.05) is 12.1 Å². The maximum Gasteiger partial charge on any atom is 0.229 e. The van der Waals surface area contributed by atoms with Gasteiger partial charge in [-0.3, -0.25) is 0 Å². The van der Waals surface area contributed by atoms with Gasteiger partial charge in [-0.2, -0.15) is 4.98 Å². The molecule has 0 saturated carbocycles. The van der Waals surface area contributed by atoms with Crippen LogP contribution in [0.15, 0.2) is 54.7 Å². The van der Waals surface area contributed by atoms with Crippen molar-refractivity contribution in [2.24, 2.45) is 0 Å². The molecule has 2 N–H and O–H groups in total. The SMILES string of the molecule is COc1ccc(Nc2nccc(NCCc3ccc(F)cc3)n2)cc1OC. The highest BCUT2D eigenvalue weighted by Gasteiger charge is 2.06. The summed E-state index contributed by atoms with van der Waals surface area (Å²) in [5.74, 6) is 2.22. The third-order valence-electron chi connectivity index (χ3n) is 3.93. The molecule has 3 rings (SSSR count). The van der Waals surface area contributed by atoms with Gasteiger partial charge in [0, 0.05) is 24.5 Å². The van der Waals surface area contributed by atoms with E-state index in [1.165, 1.54) is 12.1 Å². The Morgan fingerprint density at radius 2 is 1.74 bits per heavy atom. The summed E-state index contributed by atoms with van der Waals surface area (Å²) in [6, 6.07) is 13.8. The van der Waals surface area contributed by atoms with Gasteiger partial charge in [0.05, 0.1) is 14.2 Å². The molecule has 0 aliphatic rings. The normalized spacial score (nSPS) is 10.3. The summed E-state index contributed by atoms with van der Waals surface area (Å²) in [7, 11) is 3.18. The van der Waals surface area contributed by atoms with Gasteiger partial charge in [0.15, 0.2) is 11.5 Å². The van der Waals surface area contributed by atoms with Crippen LogP contribution in [0.4, 0.5) is 21.8 Å². The smallest absolute Gasteiger partial charge is 0.229 e. The first kappa shape index (κ1) is 18.4. The summed E-state index contributed by atoms with van der Waals surface area (Å²) < 4.78 is 23.5. The molecule has 3 aromatic rings. The average molecular weight is 368 g/mol. The molecule has 1 aromatic heterocycles. The number of hydrogen-bond acceptors (Lipinski definition) is 6. The minimum atomic E-state index is -0.228. The van der Waals surface area contributed by atoms with Crippen molar-refractivity contribution >= 4 is 17.5 Å². The van der Waals surface area contributed by atoms with Crippen LogP contribution < -0.4 is 20.1 Å². The lowest BCUT2D eigenvalue weighted by Crippen LogP contribution is -2.08. The van der Waals surface area contributed by atoms with Gasteiger partial charge in [0.1, 0.15) is 11.6 Å². The average Bonchev–Trinajstić information content (AvgIpc) is 2.70. The molecule has 2 aromatic carbocycles. The van der Waals surface area contributed by atoms with Gasteiger partial charge in [0.25, 0.3) is 0 Å². The molecule has 0 saturated heterocycles. The van der Waals surface area contributed by atoms with E-state index in [1.807, 2.05) is 18.2 Å². The number of halogens is 1. The Kier molecular flexibility index (Phi) is 6.04. The van der Waals surface area contributed by atoms with Crippen molar-refractivity contribution in [3.63, 3.8) is 0 Å². The zero-order chi connectivity index (χ0) is 19.1. The molecule has 7 heteroatoms. The molecule has 0 aliphatic heterocycles. The topological polar surface area (TPSA) is 68.3 Å². The lowest BCUT2D eigenvalue weighted by molar-refractivity contribution is 0.355. The summed E-state index contributed by atoms with van der Waals surface area (Å²) in [5, 5.41) is 6.39. The lowest BCUT2D eigenvalue weighted by atomic mass is 10.1. The fourth-order valence-corrected chi connectivity index (χ4v) is 2.55. The van der Waals surface area contributed by atoms with Crippen molar-refractivity contribution in [2.75, 3.05) is 31.4 Å². The Morgan fingerprint density at radius 1 is 0.963 bits per heavy atom. The number of aromatic nitrogens is 2. The predicted octanol–water partition coefficient (Wildman–Crippen LogP) is 4.03. The van der Waals surface area contributed by atoms with Crippen molar-refractivity contribution in [3.05, 3.63) is 66.1 Å². The fourth-order valence-electron chi connectivity index (χ4n) is 2.55. The van der Waals surface area contributed by atoms with Crippen molar-refractivity contribution in [2.45, 2.75) is 6.42 Å². The van der Waals surface area contributed by atoms with E-state index in [-0.39, 0.29) is 5.82 Å². The Bertz CT molecular complexity index is 887. The minimum absolute atomic E-state index is 0.228. The molecule has 6 nitrogen and oxygen atoms in total. The summed E-state index contributed by atoms with van der Waals surface area (Å²) in [6.07, 6.45) is 2.44. The van der Waals surface area contributed by atoms with Crippen LogP contribution in [-0.2, 0) is 6.42 Å². The summed E-state index contributed by atoms with van der Waals surface area (Å²) in [4.78, 5) is 8.68. The monoisotopic (exact) mass is 368 g/mol. The molecule has 140 valence electrons. The molecule has 0 radical (unpaired) electrons. The maximum atomic E-state index is 12.9. The van der Waals surface area contributed by atoms with E-state index in [4.69, 9.17) is 9.47 Å². The highest BCUT2D eigenvalue weighted by Crippen LogP contribution is 2.30. The van der Waals surface area contributed by atoms with Gasteiger partial charge < -0.3 is 20.1 Å². The van der Waals surface area contributed by atoms with Crippen LogP contribution in [0.2, 0.25) is 0 Å². The van der Waals surface area contributed by atoms with E-state index < -0.39 is 0 Å². The van der Waals surface area contributed by atoms with Crippen LogP contribution in [-0.4, -0.2) is 30.7 Å². The Balaban J connectivity index is 1.60. The highest BCUT2D eigenvalue weighted by atomic mass is 19.1. The predicted molar refractivity (Wildman–Crippen MR) is 103 cm³/mol. The Morgan fingerprint density at radius 3 is 2.48 bits per heavy atom. The largest absolute Gasteiger partial charge is 0.493 e. The van der Waals surface area contributed by atoms with Gasteiger partial charge >= 0.3 is 0 Å². The third kappa shape index (κ3) is 5.07. The Hall–Kier alpha value is -3.35. The van der Waals surface area contributed by atoms with E-state index in [0.717, 1.165) is 17.7 Å². The third-order valence-corrected chi connectivity index (χ3v) is 3.93. The molecular formula is C20H21FN4O2. The number of methoxy groups -OCH3 is 2. The number of benzene rings is 2. The number of hydrogen-bond donors (Lipinski definition) is 2. The Labute approximate surface area is 157 Å². The second kappa shape index (κ2) is 8.84. The van der Waals surface area contributed by atoms with Crippen LogP contribution in [0, 0.1) is 5.82 Å². The van der Waals surface area contributed by atoms with Crippen molar-refractivity contribution in [3.8, 4) is 11.5 Å². The first-order valence-corrected chi connectivity index (χ1v) is 8.48. The number of nitrogens with zero attached hydrogens (tertiary/aromatic N) is 2. The van der Waals surface area contributed by atoms with Crippen LogP contribution >= 0.6 is 0 Å². The molecular weight excluding hydrogens is 347 g/mol. The zero-order valence-electron chi connectivity index (χ0n) is 15.2. The van der Waals surface area contributed by atoms with Crippen LogP contribution in [0.1, 0.15) is 5.56 Å². The summed E-state index contributed by atoms with van der Waals surface area (Å²) in [6.45, 7) is 0.679. The second-order valence-corrected chi connectivity index (χ2v) is 5.76. The van der Waals surface area contributed by atoms with E-state index >= 15 is 0 Å². The van der Waals surface area contributed by atoms with Gasteiger partial charge in [0.2, 0.25) is 5.95 Å². The second-order valence-electron chi connectivity index (χ2n) is 5.76. The van der Waals surface area contributed by atoms with Crippen LogP contribution in [0.25, 0.3) is 0 Å².